The zero-order valence-electron chi connectivity index (χ0n) is 12.3. The highest BCUT2D eigenvalue weighted by Gasteiger charge is 2.28. The Morgan fingerprint density at radius 2 is 2.50 bits per heavy atom. The Bertz CT molecular complexity index is 610. The summed E-state index contributed by atoms with van der Waals surface area (Å²) in [6, 6.07) is 3.25. The van der Waals surface area contributed by atoms with Crippen LogP contribution in [0.3, 0.4) is 0 Å². The quantitative estimate of drug-likeness (QED) is 0.862. The predicted octanol–water partition coefficient (Wildman–Crippen LogP) is 0.453. The second kappa shape index (κ2) is 6.71. The summed E-state index contributed by atoms with van der Waals surface area (Å²) >= 11 is 0. The lowest BCUT2D eigenvalue weighted by molar-refractivity contribution is -0.0349. The SMILES string of the molecule is CO[C@@H]1CCOC[C@H]1NC(=O)c1cc(Cn2cccn2)on1. The zero-order chi connectivity index (χ0) is 15.4. The highest BCUT2D eigenvalue weighted by Crippen LogP contribution is 2.12. The molecular formula is C14H18N4O4. The van der Waals surface area contributed by atoms with Crippen molar-refractivity contribution < 1.29 is 18.8 Å². The molecule has 1 amide bonds. The maximum atomic E-state index is 12.2. The van der Waals surface area contributed by atoms with Gasteiger partial charge in [0.1, 0.15) is 6.54 Å². The first kappa shape index (κ1) is 14.7. The molecule has 3 heterocycles. The van der Waals surface area contributed by atoms with Crippen LogP contribution in [-0.2, 0) is 16.0 Å². The van der Waals surface area contributed by atoms with Gasteiger partial charge in [-0.1, -0.05) is 5.16 Å². The fourth-order valence-corrected chi connectivity index (χ4v) is 2.43. The normalized spacial score (nSPS) is 21.7. The molecule has 3 rings (SSSR count). The lowest BCUT2D eigenvalue weighted by atomic mass is 10.1. The van der Waals surface area contributed by atoms with Gasteiger partial charge < -0.3 is 19.3 Å². The van der Waals surface area contributed by atoms with Gasteiger partial charge in [0.15, 0.2) is 11.5 Å². The minimum absolute atomic E-state index is 0.0480. The number of methoxy groups -OCH3 is 1. The van der Waals surface area contributed by atoms with Crippen molar-refractivity contribution in [3.63, 3.8) is 0 Å². The van der Waals surface area contributed by atoms with E-state index in [4.69, 9.17) is 14.0 Å². The number of rotatable bonds is 5. The molecule has 0 unspecified atom stereocenters. The Kier molecular flexibility index (Phi) is 4.50. The first-order chi connectivity index (χ1) is 10.8. The van der Waals surface area contributed by atoms with Gasteiger partial charge >= 0.3 is 0 Å². The Morgan fingerprint density at radius 3 is 3.27 bits per heavy atom. The number of nitrogens with one attached hydrogen (secondary N) is 1. The van der Waals surface area contributed by atoms with Crippen LogP contribution in [0.25, 0.3) is 0 Å². The van der Waals surface area contributed by atoms with E-state index in [2.05, 4.69) is 15.6 Å². The first-order valence-corrected chi connectivity index (χ1v) is 7.10. The molecule has 118 valence electrons. The van der Waals surface area contributed by atoms with Crippen LogP contribution in [0.2, 0.25) is 0 Å². The van der Waals surface area contributed by atoms with Crippen molar-refractivity contribution in [2.24, 2.45) is 0 Å². The van der Waals surface area contributed by atoms with Crippen molar-refractivity contribution in [3.8, 4) is 0 Å². The molecule has 8 heteroatoms. The summed E-state index contributed by atoms with van der Waals surface area (Å²) in [5, 5.41) is 10.8. The average molecular weight is 306 g/mol. The smallest absolute Gasteiger partial charge is 0.273 e. The highest BCUT2D eigenvalue weighted by atomic mass is 16.5. The van der Waals surface area contributed by atoms with Crippen molar-refractivity contribution in [3.05, 3.63) is 36.0 Å². The molecule has 1 fully saturated rings. The Morgan fingerprint density at radius 1 is 1.59 bits per heavy atom. The third-order valence-electron chi connectivity index (χ3n) is 3.58. The Labute approximate surface area is 127 Å². The Balaban J connectivity index is 1.61. The van der Waals surface area contributed by atoms with Crippen LogP contribution in [0, 0.1) is 0 Å². The van der Waals surface area contributed by atoms with Crippen molar-refractivity contribution in [2.75, 3.05) is 20.3 Å². The van der Waals surface area contributed by atoms with E-state index < -0.39 is 0 Å². The lowest BCUT2D eigenvalue weighted by Gasteiger charge is -2.30. The van der Waals surface area contributed by atoms with Gasteiger partial charge in [0.05, 0.1) is 18.8 Å². The van der Waals surface area contributed by atoms with Crippen LogP contribution in [0.1, 0.15) is 22.7 Å². The van der Waals surface area contributed by atoms with Gasteiger partial charge in [-0.3, -0.25) is 9.48 Å². The van der Waals surface area contributed by atoms with E-state index in [1.807, 2.05) is 12.3 Å². The van der Waals surface area contributed by atoms with Crippen molar-refractivity contribution >= 4 is 5.91 Å². The second-order valence-corrected chi connectivity index (χ2v) is 5.10. The van der Waals surface area contributed by atoms with Gasteiger partial charge in [-0.05, 0) is 12.5 Å². The van der Waals surface area contributed by atoms with E-state index in [9.17, 15) is 4.79 Å². The third-order valence-corrected chi connectivity index (χ3v) is 3.58. The van der Waals surface area contributed by atoms with E-state index in [0.29, 0.717) is 25.5 Å². The summed E-state index contributed by atoms with van der Waals surface area (Å²) in [6.07, 6.45) is 4.20. The highest BCUT2D eigenvalue weighted by molar-refractivity contribution is 5.92. The molecule has 0 aliphatic carbocycles. The van der Waals surface area contributed by atoms with Crippen molar-refractivity contribution in [1.82, 2.24) is 20.3 Å². The number of carbonyl (C=O) groups excluding carboxylic acids is 1. The van der Waals surface area contributed by atoms with E-state index in [0.717, 1.165) is 6.42 Å². The molecule has 1 aliphatic rings. The second-order valence-electron chi connectivity index (χ2n) is 5.10. The molecule has 0 bridgehead atoms. The van der Waals surface area contributed by atoms with Crippen LogP contribution in [0.5, 0.6) is 0 Å². The summed E-state index contributed by atoms with van der Waals surface area (Å²) in [6.45, 7) is 1.51. The molecule has 0 radical (unpaired) electrons. The standard InChI is InChI=1S/C14H18N4O4/c1-20-13-3-6-21-9-12(13)16-14(19)11-7-10(22-17-11)8-18-5-2-4-15-18/h2,4-5,7,12-13H,3,6,8-9H2,1H3,(H,16,19)/t12-,13-/m1/s1. The molecular weight excluding hydrogens is 288 g/mol. The van der Waals surface area contributed by atoms with Crippen LogP contribution in [-0.4, -0.2) is 53.3 Å². The number of amides is 1. The Hall–Kier alpha value is -2.19. The number of aromatic nitrogens is 3. The molecule has 0 aromatic carbocycles. The van der Waals surface area contributed by atoms with Crippen LogP contribution in [0.15, 0.2) is 29.0 Å². The van der Waals surface area contributed by atoms with Gasteiger partial charge in [0.25, 0.3) is 5.91 Å². The predicted molar refractivity (Wildman–Crippen MR) is 75.3 cm³/mol. The molecule has 0 saturated carbocycles. The lowest BCUT2D eigenvalue weighted by Crippen LogP contribution is -2.50. The van der Waals surface area contributed by atoms with E-state index in [1.165, 1.54) is 0 Å². The number of carbonyl (C=O) groups is 1. The third kappa shape index (κ3) is 3.34. The molecule has 1 aliphatic heterocycles. The van der Waals surface area contributed by atoms with Gasteiger partial charge in [0.2, 0.25) is 0 Å². The minimum atomic E-state index is -0.298. The molecule has 2 atom stereocenters. The largest absolute Gasteiger partial charge is 0.379 e. The topological polar surface area (TPSA) is 91.4 Å². The summed E-state index contributed by atoms with van der Waals surface area (Å²) in [7, 11) is 1.63. The molecule has 0 spiro atoms. The van der Waals surface area contributed by atoms with Crippen molar-refractivity contribution in [1.29, 1.82) is 0 Å². The van der Waals surface area contributed by atoms with Crippen LogP contribution < -0.4 is 5.32 Å². The van der Waals surface area contributed by atoms with Gasteiger partial charge in [0, 0.05) is 32.2 Å². The van der Waals surface area contributed by atoms with Crippen LogP contribution >= 0.6 is 0 Å². The maximum Gasteiger partial charge on any atom is 0.273 e. The molecule has 1 N–H and O–H groups in total. The summed E-state index contributed by atoms with van der Waals surface area (Å²) in [5.74, 6) is 0.269. The molecule has 2 aromatic rings. The van der Waals surface area contributed by atoms with E-state index in [-0.39, 0.29) is 23.7 Å². The first-order valence-electron chi connectivity index (χ1n) is 7.10. The van der Waals surface area contributed by atoms with Gasteiger partial charge in [-0.2, -0.15) is 5.10 Å². The summed E-state index contributed by atoms with van der Waals surface area (Å²) < 4.78 is 17.6. The molecule has 8 nitrogen and oxygen atoms in total. The maximum absolute atomic E-state index is 12.2. The zero-order valence-corrected chi connectivity index (χ0v) is 12.3. The fraction of sp³-hybridized carbons (Fsp3) is 0.500. The molecule has 22 heavy (non-hydrogen) atoms. The van der Waals surface area contributed by atoms with E-state index >= 15 is 0 Å². The minimum Gasteiger partial charge on any atom is -0.379 e. The summed E-state index contributed by atoms with van der Waals surface area (Å²) in [5.41, 5.74) is 0.239. The number of hydrogen-bond acceptors (Lipinski definition) is 6. The van der Waals surface area contributed by atoms with Crippen molar-refractivity contribution in [2.45, 2.75) is 25.1 Å². The van der Waals surface area contributed by atoms with Gasteiger partial charge in [-0.25, -0.2) is 0 Å². The molecule has 2 aromatic heterocycles. The van der Waals surface area contributed by atoms with E-state index in [1.54, 1.807) is 24.1 Å². The van der Waals surface area contributed by atoms with Crippen LogP contribution in [0.4, 0.5) is 0 Å². The van der Waals surface area contributed by atoms with Gasteiger partial charge in [-0.15, -0.1) is 0 Å². The fourth-order valence-electron chi connectivity index (χ4n) is 2.43. The number of hydrogen-bond donors (Lipinski definition) is 1. The number of ether oxygens (including phenoxy) is 2. The average Bonchev–Trinajstić information content (AvgIpc) is 3.20. The summed E-state index contributed by atoms with van der Waals surface area (Å²) in [4.78, 5) is 12.2. The molecule has 1 saturated heterocycles. The number of nitrogens with zero attached hydrogens (tertiary/aromatic N) is 3. The monoisotopic (exact) mass is 306 g/mol.